The SMILES string of the molecule is CCOC(=O)N1CCCC(C(=O)N2CCOC(c3ccc(Br)cc3)C2)C1. The highest BCUT2D eigenvalue weighted by Crippen LogP contribution is 2.26. The Bertz CT molecular complexity index is 637. The minimum Gasteiger partial charge on any atom is -0.450 e. The second-order valence-corrected chi connectivity index (χ2v) is 7.60. The molecule has 0 aliphatic carbocycles. The number of halogens is 1. The van der Waals surface area contributed by atoms with Gasteiger partial charge in [-0.3, -0.25) is 4.79 Å². The first-order valence-corrected chi connectivity index (χ1v) is 9.95. The van der Waals surface area contributed by atoms with Gasteiger partial charge < -0.3 is 19.3 Å². The monoisotopic (exact) mass is 424 g/mol. The molecule has 26 heavy (non-hydrogen) atoms. The number of carbonyl (C=O) groups excluding carboxylic acids is 2. The molecule has 0 bridgehead atoms. The topological polar surface area (TPSA) is 59.1 Å². The Kier molecular flexibility index (Phi) is 6.53. The highest BCUT2D eigenvalue weighted by atomic mass is 79.9. The van der Waals surface area contributed by atoms with Crippen LogP contribution >= 0.6 is 15.9 Å². The first-order chi connectivity index (χ1) is 12.6. The number of rotatable bonds is 3. The van der Waals surface area contributed by atoms with Gasteiger partial charge in [0.1, 0.15) is 6.10 Å². The van der Waals surface area contributed by atoms with Gasteiger partial charge in [-0.15, -0.1) is 0 Å². The first-order valence-electron chi connectivity index (χ1n) is 9.16. The summed E-state index contributed by atoms with van der Waals surface area (Å²) in [5.74, 6) is -0.0405. The van der Waals surface area contributed by atoms with E-state index in [1.165, 1.54) is 0 Å². The maximum absolute atomic E-state index is 13.0. The summed E-state index contributed by atoms with van der Waals surface area (Å²) >= 11 is 3.44. The Morgan fingerprint density at radius 3 is 2.69 bits per heavy atom. The van der Waals surface area contributed by atoms with Gasteiger partial charge in [-0.2, -0.15) is 0 Å². The van der Waals surface area contributed by atoms with Crippen molar-refractivity contribution in [2.75, 3.05) is 39.4 Å². The van der Waals surface area contributed by atoms with Crippen molar-refractivity contribution < 1.29 is 19.1 Å². The number of carbonyl (C=O) groups is 2. The van der Waals surface area contributed by atoms with Gasteiger partial charge in [0.15, 0.2) is 0 Å². The fourth-order valence-corrected chi connectivity index (χ4v) is 3.81. The highest BCUT2D eigenvalue weighted by Gasteiger charge is 2.34. The molecule has 1 aromatic carbocycles. The van der Waals surface area contributed by atoms with Crippen LogP contribution in [-0.2, 0) is 14.3 Å². The van der Waals surface area contributed by atoms with Crippen molar-refractivity contribution in [3.05, 3.63) is 34.3 Å². The van der Waals surface area contributed by atoms with E-state index < -0.39 is 0 Å². The molecule has 2 unspecified atom stereocenters. The fraction of sp³-hybridized carbons (Fsp3) is 0.579. The van der Waals surface area contributed by atoms with Crippen LogP contribution in [0, 0.1) is 5.92 Å². The van der Waals surface area contributed by atoms with Crippen LogP contribution in [0.15, 0.2) is 28.7 Å². The molecule has 2 saturated heterocycles. The molecule has 142 valence electrons. The quantitative estimate of drug-likeness (QED) is 0.747. The van der Waals surface area contributed by atoms with Crippen molar-refractivity contribution in [2.45, 2.75) is 25.9 Å². The van der Waals surface area contributed by atoms with Crippen LogP contribution in [0.25, 0.3) is 0 Å². The predicted octanol–water partition coefficient (Wildman–Crippen LogP) is 3.22. The van der Waals surface area contributed by atoms with Gasteiger partial charge in [0.25, 0.3) is 0 Å². The van der Waals surface area contributed by atoms with Crippen LogP contribution < -0.4 is 0 Å². The molecule has 7 heteroatoms. The maximum Gasteiger partial charge on any atom is 0.409 e. The molecule has 0 N–H and O–H groups in total. The number of ether oxygens (including phenoxy) is 2. The number of hydrogen-bond donors (Lipinski definition) is 0. The number of likely N-dealkylation sites (tertiary alicyclic amines) is 1. The number of hydrogen-bond acceptors (Lipinski definition) is 4. The summed E-state index contributed by atoms with van der Waals surface area (Å²) in [4.78, 5) is 28.5. The van der Waals surface area contributed by atoms with Crippen molar-refractivity contribution in [2.24, 2.45) is 5.92 Å². The third-order valence-electron chi connectivity index (χ3n) is 4.92. The Morgan fingerprint density at radius 1 is 1.19 bits per heavy atom. The third-order valence-corrected chi connectivity index (χ3v) is 5.45. The fourth-order valence-electron chi connectivity index (χ4n) is 3.55. The van der Waals surface area contributed by atoms with Crippen LogP contribution in [0.1, 0.15) is 31.4 Å². The number of benzene rings is 1. The zero-order valence-electron chi connectivity index (χ0n) is 15.0. The van der Waals surface area contributed by atoms with Gasteiger partial charge in [0.05, 0.1) is 25.7 Å². The highest BCUT2D eigenvalue weighted by molar-refractivity contribution is 9.10. The Morgan fingerprint density at radius 2 is 1.96 bits per heavy atom. The average Bonchev–Trinajstić information content (AvgIpc) is 2.68. The van der Waals surface area contributed by atoms with Crippen LogP contribution in [0.5, 0.6) is 0 Å². The second kappa shape index (κ2) is 8.86. The number of piperidine rings is 1. The lowest BCUT2D eigenvalue weighted by Gasteiger charge is -2.38. The summed E-state index contributed by atoms with van der Waals surface area (Å²) in [6.45, 7) is 4.93. The minimum atomic E-state index is -0.320. The van der Waals surface area contributed by atoms with Gasteiger partial charge in [0.2, 0.25) is 5.91 Å². The van der Waals surface area contributed by atoms with E-state index in [1.807, 2.05) is 29.2 Å². The summed E-state index contributed by atoms with van der Waals surface area (Å²) in [5, 5.41) is 0. The number of morpholine rings is 1. The summed E-state index contributed by atoms with van der Waals surface area (Å²) in [7, 11) is 0. The number of nitrogens with zero attached hydrogens (tertiary/aromatic N) is 2. The Hall–Kier alpha value is -1.60. The molecule has 2 fully saturated rings. The summed E-state index contributed by atoms with van der Waals surface area (Å²) in [6.07, 6.45) is 1.22. The van der Waals surface area contributed by atoms with E-state index in [2.05, 4.69) is 15.9 Å². The van der Waals surface area contributed by atoms with Crippen molar-refractivity contribution in [1.29, 1.82) is 0 Å². The van der Waals surface area contributed by atoms with Crippen LogP contribution in [0.3, 0.4) is 0 Å². The van der Waals surface area contributed by atoms with Crippen molar-refractivity contribution in [1.82, 2.24) is 9.80 Å². The lowest BCUT2D eigenvalue weighted by atomic mass is 9.96. The van der Waals surface area contributed by atoms with E-state index in [0.29, 0.717) is 39.4 Å². The standard InChI is InChI=1S/C19H25BrN2O4/c1-2-25-19(24)22-9-3-4-15(12-22)18(23)21-10-11-26-17(13-21)14-5-7-16(20)8-6-14/h5-8,15,17H,2-4,9-13H2,1H3. The van der Waals surface area contributed by atoms with Crippen LogP contribution in [0.4, 0.5) is 4.79 Å². The van der Waals surface area contributed by atoms with E-state index in [9.17, 15) is 9.59 Å². The van der Waals surface area contributed by atoms with E-state index >= 15 is 0 Å². The average molecular weight is 425 g/mol. The molecule has 2 aliphatic rings. The minimum absolute atomic E-state index is 0.106. The van der Waals surface area contributed by atoms with Gasteiger partial charge in [-0.1, -0.05) is 28.1 Å². The van der Waals surface area contributed by atoms with Crippen LogP contribution in [0.2, 0.25) is 0 Å². The molecule has 2 amide bonds. The predicted molar refractivity (Wildman–Crippen MR) is 101 cm³/mol. The molecule has 0 saturated carbocycles. The molecule has 0 spiro atoms. The van der Waals surface area contributed by atoms with Crippen molar-refractivity contribution >= 4 is 27.9 Å². The van der Waals surface area contributed by atoms with E-state index in [1.54, 1.807) is 11.8 Å². The molecule has 0 aromatic heterocycles. The van der Waals surface area contributed by atoms with Crippen LogP contribution in [-0.4, -0.2) is 61.2 Å². The first kappa shape index (κ1) is 19.2. The molecule has 2 atom stereocenters. The lowest BCUT2D eigenvalue weighted by molar-refractivity contribution is -0.144. The zero-order valence-corrected chi connectivity index (χ0v) is 16.6. The van der Waals surface area contributed by atoms with Gasteiger partial charge >= 0.3 is 6.09 Å². The molecule has 3 rings (SSSR count). The van der Waals surface area contributed by atoms with Gasteiger partial charge in [0, 0.05) is 24.1 Å². The van der Waals surface area contributed by atoms with Crippen molar-refractivity contribution in [3.8, 4) is 0 Å². The maximum atomic E-state index is 13.0. The summed E-state index contributed by atoms with van der Waals surface area (Å²) in [6, 6.07) is 8.01. The summed E-state index contributed by atoms with van der Waals surface area (Å²) in [5.41, 5.74) is 1.07. The number of amides is 2. The molecule has 2 heterocycles. The third kappa shape index (κ3) is 4.57. The molecule has 1 aromatic rings. The van der Waals surface area contributed by atoms with E-state index in [4.69, 9.17) is 9.47 Å². The Labute approximate surface area is 162 Å². The zero-order chi connectivity index (χ0) is 18.5. The van der Waals surface area contributed by atoms with Gasteiger partial charge in [-0.05, 0) is 37.5 Å². The smallest absolute Gasteiger partial charge is 0.409 e. The lowest BCUT2D eigenvalue weighted by Crippen LogP contribution is -2.50. The largest absolute Gasteiger partial charge is 0.450 e. The second-order valence-electron chi connectivity index (χ2n) is 6.68. The molecule has 2 aliphatic heterocycles. The summed E-state index contributed by atoms with van der Waals surface area (Å²) < 4.78 is 12.0. The molecular formula is C19H25BrN2O4. The van der Waals surface area contributed by atoms with E-state index in [-0.39, 0.29) is 24.0 Å². The molecule has 6 nitrogen and oxygen atoms in total. The van der Waals surface area contributed by atoms with Gasteiger partial charge in [-0.25, -0.2) is 4.79 Å². The molecular weight excluding hydrogens is 400 g/mol. The normalized spacial score (nSPS) is 23.6. The Balaban J connectivity index is 1.61. The van der Waals surface area contributed by atoms with E-state index in [0.717, 1.165) is 22.9 Å². The van der Waals surface area contributed by atoms with Crippen molar-refractivity contribution in [3.63, 3.8) is 0 Å². The molecule has 0 radical (unpaired) electrons.